The molecule has 1 saturated heterocycles. The first-order chi connectivity index (χ1) is 15.4. The van der Waals surface area contributed by atoms with E-state index in [1.807, 2.05) is 61.3 Å². The zero-order valence-electron chi connectivity index (χ0n) is 17.9. The predicted molar refractivity (Wildman–Crippen MR) is 129 cm³/mol. The minimum Gasteiger partial charge on any atom is -0.360 e. The van der Waals surface area contributed by atoms with E-state index in [9.17, 15) is 4.79 Å². The molecule has 1 aliphatic heterocycles. The van der Waals surface area contributed by atoms with Crippen molar-refractivity contribution in [2.75, 3.05) is 9.80 Å². The van der Waals surface area contributed by atoms with Crippen molar-refractivity contribution in [2.24, 2.45) is 0 Å². The number of rotatable bonds is 3. The third kappa shape index (κ3) is 2.99. The highest BCUT2D eigenvalue weighted by atomic mass is 32.1. The summed E-state index contributed by atoms with van der Waals surface area (Å²) in [7, 11) is 0. The Hall–Kier alpha value is -3.63. The molecule has 2 aliphatic rings. The van der Waals surface area contributed by atoms with E-state index in [0.717, 1.165) is 47.3 Å². The SMILES string of the molecule is [C-]#[N+]c1ncc(N2C(=O)C3(CCC3)N(c3ccc(-c4ccc(C)nc4)cc3)C2=S)cc1C. The number of thiocarbonyl (C=S) groups is 1. The summed E-state index contributed by atoms with van der Waals surface area (Å²) in [5.41, 5.74) is 4.68. The first-order valence-corrected chi connectivity index (χ1v) is 10.9. The molecule has 2 fully saturated rings. The summed E-state index contributed by atoms with van der Waals surface area (Å²) >= 11 is 5.83. The lowest BCUT2D eigenvalue weighted by Crippen LogP contribution is -2.55. The van der Waals surface area contributed by atoms with Gasteiger partial charge in [0.25, 0.3) is 11.7 Å². The van der Waals surface area contributed by atoms with E-state index in [-0.39, 0.29) is 5.91 Å². The van der Waals surface area contributed by atoms with Crippen molar-refractivity contribution >= 4 is 40.4 Å². The zero-order chi connectivity index (χ0) is 22.5. The number of carbonyl (C=O) groups excluding carboxylic acids is 1. The molecule has 1 amide bonds. The molecule has 7 heteroatoms. The summed E-state index contributed by atoms with van der Waals surface area (Å²) in [6, 6.07) is 14.0. The summed E-state index contributed by atoms with van der Waals surface area (Å²) in [6.07, 6.45) is 5.94. The maximum Gasteiger partial charge on any atom is 0.272 e. The van der Waals surface area contributed by atoms with E-state index in [1.54, 1.807) is 11.1 Å². The molecular weight excluding hydrogens is 418 g/mol. The van der Waals surface area contributed by atoms with Gasteiger partial charge in [-0.2, -0.15) is 0 Å². The highest BCUT2D eigenvalue weighted by molar-refractivity contribution is 7.81. The molecule has 1 aliphatic carbocycles. The molecule has 0 unspecified atom stereocenters. The smallest absolute Gasteiger partial charge is 0.272 e. The molecule has 1 saturated carbocycles. The van der Waals surface area contributed by atoms with E-state index in [1.165, 1.54) is 0 Å². The van der Waals surface area contributed by atoms with Crippen LogP contribution in [0.25, 0.3) is 16.0 Å². The molecule has 0 bridgehead atoms. The second-order valence-electron chi connectivity index (χ2n) is 8.32. The molecular formula is C25H21N5OS. The van der Waals surface area contributed by atoms with Gasteiger partial charge in [-0.25, -0.2) is 0 Å². The minimum absolute atomic E-state index is 0.0164. The second-order valence-corrected chi connectivity index (χ2v) is 8.69. The van der Waals surface area contributed by atoms with Gasteiger partial charge in [-0.3, -0.25) is 14.7 Å². The van der Waals surface area contributed by atoms with E-state index in [0.29, 0.717) is 16.6 Å². The van der Waals surface area contributed by atoms with Gasteiger partial charge >= 0.3 is 0 Å². The average molecular weight is 440 g/mol. The lowest BCUT2D eigenvalue weighted by molar-refractivity contribution is -0.123. The summed E-state index contributed by atoms with van der Waals surface area (Å²) in [5.74, 6) is 0.319. The van der Waals surface area contributed by atoms with E-state index in [4.69, 9.17) is 18.8 Å². The Morgan fingerprint density at radius 3 is 2.28 bits per heavy atom. The third-order valence-corrected chi connectivity index (χ3v) is 6.73. The Bertz CT molecular complexity index is 1270. The van der Waals surface area contributed by atoms with Crippen LogP contribution < -0.4 is 9.80 Å². The van der Waals surface area contributed by atoms with E-state index >= 15 is 0 Å². The van der Waals surface area contributed by atoms with Crippen LogP contribution in [0.1, 0.15) is 30.5 Å². The fourth-order valence-corrected chi connectivity index (χ4v) is 4.91. The molecule has 3 heterocycles. The molecule has 5 rings (SSSR count). The maximum atomic E-state index is 13.6. The monoisotopic (exact) mass is 439 g/mol. The summed E-state index contributed by atoms with van der Waals surface area (Å²) in [6.45, 7) is 11.0. The van der Waals surface area contributed by atoms with Crippen molar-refractivity contribution in [2.45, 2.75) is 38.6 Å². The van der Waals surface area contributed by atoms with Gasteiger partial charge in [0, 0.05) is 23.1 Å². The van der Waals surface area contributed by atoms with Crippen molar-refractivity contribution < 1.29 is 4.79 Å². The zero-order valence-corrected chi connectivity index (χ0v) is 18.7. The quantitative estimate of drug-likeness (QED) is 0.406. The number of aromatic nitrogens is 2. The Morgan fingerprint density at radius 2 is 1.72 bits per heavy atom. The van der Waals surface area contributed by atoms with Gasteiger partial charge < -0.3 is 9.74 Å². The standard InChI is InChI=1S/C25H21N5OS/c1-16-13-21(15-28-22(16)26-3)29-23(31)25(11-4-12-25)30(24(29)32)20-9-7-18(8-10-20)19-6-5-17(2)27-14-19/h5-10,13-15H,4,11-12H2,1-2H3. The molecule has 6 nitrogen and oxygen atoms in total. The number of anilines is 2. The molecule has 32 heavy (non-hydrogen) atoms. The second kappa shape index (κ2) is 7.50. The van der Waals surface area contributed by atoms with Crippen LogP contribution >= 0.6 is 12.2 Å². The molecule has 0 radical (unpaired) electrons. The van der Waals surface area contributed by atoms with Crippen LogP contribution in [0.3, 0.4) is 0 Å². The number of amides is 1. The van der Waals surface area contributed by atoms with Crippen molar-refractivity contribution in [1.29, 1.82) is 0 Å². The summed E-state index contributed by atoms with van der Waals surface area (Å²) in [4.78, 5) is 29.2. The number of hydrogen-bond donors (Lipinski definition) is 0. The number of benzene rings is 1. The number of aryl methyl sites for hydroxylation is 2. The number of nitrogens with zero attached hydrogens (tertiary/aromatic N) is 5. The molecule has 0 N–H and O–H groups in total. The van der Waals surface area contributed by atoms with Crippen LogP contribution in [0.2, 0.25) is 0 Å². The van der Waals surface area contributed by atoms with Crippen LogP contribution in [0.5, 0.6) is 0 Å². The lowest BCUT2D eigenvalue weighted by Gasteiger charge is -2.43. The highest BCUT2D eigenvalue weighted by Gasteiger charge is 2.59. The van der Waals surface area contributed by atoms with Crippen molar-refractivity contribution in [3.63, 3.8) is 0 Å². The summed E-state index contributed by atoms with van der Waals surface area (Å²) in [5, 5.41) is 0.455. The molecule has 1 aromatic carbocycles. The third-order valence-electron chi connectivity index (χ3n) is 6.36. The van der Waals surface area contributed by atoms with Crippen LogP contribution in [0, 0.1) is 20.4 Å². The number of hydrogen-bond acceptors (Lipinski definition) is 4. The van der Waals surface area contributed by atoms with E-state index < -0.39 is 5.54 Å². The number of pyridine rings is 2. The van der Waals surface area contributed by atoms with Gasteiger partial charge in [-0.05, 0) is 80.7 Å². The van der Waals surface area contributed by atoms with Crippen LogP contribution in [-0.4, -0.2) is 26.5 Å². The Morgan fingerprint density at radius 1 is 1.00 bits per heavy atom. The topological polar surface area (TPSA) is 53.7 Å². The summed E-state index contributed by atoms with van der Waals surface area (Å²) < 4.78 is 0. The van der Waals surface area contributed by atoms with Gasteiger partial charge in [-0.15, -0.1) is 4.98 Å². The predicted octanol–water partition coefficient (Wildman–Crippen LogP) is 5.37. The first kappa shape index (κ1) is 20.3. The highest BCUT2D eigenvalue weighted by Crippen LogP contribution is 2.48. The lowest BCUT2D eigenvalue weighted by atomic mass is 9.75. The molecule has 158 valence electrons. The Balaban J connectivity index is 1.52. The van der Waals surface area contributed by atoms with Gasteiger partial charge in [0.15, 0.2) is 5.11 Å². The Kier molecular flexibility index (Phi) is 4.75. The van der Waals surface area contributed by atoms with Gasteiger partial charge in [0.2, 0.25) is 0 Å². The normalized spacial score (nSPS) is 16.9. The van der Waals surface area contributed by atoms with Crippen molar-refractivity contribution in [1.82, 2.24) is 9.97 Å². The molecule has 1 spiro atoms. The van der Waals surface area contributed by atoms with Crippen LogP contribution in [0.15, 0.2) is 54.9 Å². The molecule has 0 atom stereocenters. The van der Waals surface area contributed by atoms with Crippen molar-refractivity contribution in [3.05, 3.63) is 77.5 Å². The van der Waals surface area contributed by atoms with Gasteiger partial charge in [-0.1, -0.05) is 24.8 Å². The van der Waals surface area contributed by atoms with Crippen LogP contribution in [0.4, 0.5) is 17.2 Å². The maximum absolute atomic E-state index is 13.6. The van der Waals surface area contributed by atoms with E-state index in [2.05, 4.69) is 20.9 Å². The largest absolute Gasteiger partial charge is 0.360 e. The number of carbonyl (C=O) groups is 1. The average Bonchev–Trinajstić information content (AvgIpc) is 3.01. The molecule has 2 aromatic heterocycles. The van der Waals surface area contributed by atoms with Crippen molar-refractivity contribution in [3.8, 4) is 11.1 Å². The van der Waals surface area contributed by atoms with Crippen LogP contribution in [-0.2, 0) is 4.79 Å². The van der Waals surface area contributed by atoms with Gasteiger partial charge in [0.05, 0.1) is 5.69 Å². The first-order valence-electron chi connectivity index (χ1n) is 10.5. The fraction of sp³-hybridized carbons (Fsp3) is 0.240. The van der Waals surface area contributed by atoms with Gasteiger partial charge in [0.1, 0.15) is 11.7 Å². The molecule has 3 aromatic rings. The Labute approximate surface area is 192 Å². The minimum atomic E-state index is -0.642. The fourth-order valence-electron chi connectivity index (χ4n) is 4.44.